The molecule has 1 aliphatic carbocycles. The van der Waals surface area contributed by atoms with Crippen molar-refractivity contribution in [3.63, 3.8) is 0 Å². The molecule has 1 aromatic heterocycles. The van der Waals surface area contributed by atoms with Gasteiger partial charge in [-0.05, 0) is 43.5 Å². The predicted molar refractivity (Wildman–Crippen MR) is 120 cm³/mol. The first-order chi connectivity index (χ1) is 17.3. The lowest BCUT2D eigenvalue weighted by Crippen LogP contribution is -2.69. The fourth-order valence-corrected chi connectivity index (χ4v) is 5.05. The van der Waals surface area contributed by atoms with E-state index in [1.54, 1.807) is 0 Å². The van der Waals surface area contributed by atoms with Crippen LogP contribution in [0.25, 0.3) is 0 Å². The van der Waals surface area contributed by atoms with E-state index in [9.17, 15) is 41.1 Å². The topological polar surface area (TPSA) is 109 Å². The van der Waals surface area contributed by atoms with Crippen LogP contribution in [0.3, 0.4) is 0 Å². The first-order valence-corrected chi connectivity index (χ1v) is 11.4. The minimum absolute atomic E-state index is 0.0489. The van der Waals surface area contributed by atoms with E-state index < -0.39 is 65.6 Å². The third-order valence-electron chi connectivity index (χ3n) is 6.68. The summed E-state index contributed by atoms with van der Waals surface area (Å²) in [6, 6.07) is 2.70. The molecule has 8 nitrogen and oxygen atoms in total. The van der Waals surface area contributed by atoms with Crippen LogP contribution in [0.15, 0.2) is 18.2 Å². The summed E-state index contributed by atoms with van der Waals surface area (Å²) in [5, 5.41) is 6.79. The van der Waals surface area contributed by atoms with Crippen molar-refractivity contribution >= 4 is 29.2 Å². The van der Waals surface area contributed by atoms with E-state index in [4.69, 9.17) is 0 Å². The lowest BCUT2D eigenvalue weighted by atomic mass is 9.72. The number of amides is 3. The van der Waals surface area contributed by atoms with Crippen LogP contribution in [0.2, 0.25) is 0 Å². The Hall–Kier alpha value is -3.77. The lowest BCUT2D eigenvalue weighted by molar-refractivity contribution is -0.164. The molecule has 1 fully saturated rings. The Bertz CT molecular complexity index is 1310. The van der Waals surface area contributed by atoms with Crippen molar-refractivity contribution in [3.05, 3.63) is 52.1 Å². The second-order valence-corrected chi connectivity index (χ2v) is 9.20. The predicted octanol–water partition coefficient (Wildman–Crippen LogP) is 3.28. The minimum Gasteiger partial charge on any atom is -0.357 e. The Morgan fingerprint density at radius 1 is 1.11 bits per heavy atom. The minimum atomic E-state index is -3.18. The number of hydrogen-bond donors (Lipinski definition) is 3. The van der Waals surface area contributed by atoms with Crippen molar-refractivity contribution in [2.45, 2.75) is 57.0 Å². The summed E-state index contributed by atoms with van der Waals surface area (Å²) in [6.45, 7) is 1.71. The zero-order valence-corrected chi connectivity index (χ0v) is 19.8. The highest BCUT2D eigenvalue weighted by atomic mass is 19.3. The van der Waals surface area contributed by atoms with Gasteiger partial charge in [-0.25, -0.2) is 22.0 Å². The summed E-state index contributed by atoms with van der Waals surface area (Å²) in [5.74, 6) is -8.31. The van der Waals surface area contributed by atoms with Crippen LogP contribution in [0.1, 0.15) is 63.4 Å². The van der Waals surface area contributed by atoms with E-state index in [1.807, 2.05) is 0 Å². The average Bonchev–Trinajstić information content (AvgIpc) is 3.36. The lowest BCUT2D eigenvalue weighted by Gasteiger charge is -2.45. The molecule has 4 rings (SSSR count). The summed E-state index contributed by atoms with van der Waals surface area (Å²) in [5.41, 5.74) is -2.47. The van der Waals surface area contributed by atoms with Gasteiger partial charge in [0.1, 0.15) is 11.4 Å². The summed E-state index contributed by atoms with van der Waals surface area (Å²) in [6.07, 6.45) is -4.11. The maximum atomic E-state index is 13.6. The van der Waals surface area contributed by atoms with Crippen molar-refractivity contribution in [3.8, 4) is 0 Å². The van der Waals surface area contributed by atoms with Crippen molar-refractivity contribution in [1.82, 2.24) is 15.2 Å². The van der Waals surface area contributed by atoms with Crippen molar-refractivity contribution in [2.75, 3.05) is 12.4 Å². The van der Waals surface area contributed by atoms with Crippen LogP contribution in [-0.4, -0.2) is 46.6 Å². The summed E-state index contributed by atoms with van der Waals surface area (Å²) >= 11 is 0. The Labute approximate surface area is 207 Å². The molecule has 2 aromatic rings. The van der Waals surface area contributed by atoms with Gasteiger partial charge in [0.05, 0.1) is 16.8 Å². The van der Waals surface area contributed by atoms with Crippen molar-refractivity contribution in [1.29, 1.82) is 0 Å². The molecule has 0 atom stereocenters. The first kappa shape index (κ1) is 26.3. The molecular formula is C24H23F5N4O4. The van der Waals surface area contributed by atoms with Gasteiger partial charge in [0, 0.05) is 37.8 Å². The number of carbonyl (C=O) groups excluding carboxylic acids is 4. The number of anilines is 1. The molecular weight excluding hydrogens is 503 g/mol. The molecule has 2 aliphatic rings. The molecule has 2 heterocycles. The highest BCUT2D eigenvalue weighted by Gasteiger charge is 2.62. The van der Waals surface area contributed by atoms with Gasteiger partial charge >= 0.3 is 0 Å². The second kappa shape index (κ2) is 9.27. The number of hydrogen-bond acceptors (Lipinski definition) is 4. The van der Waals surface area contributed by atoms with Crippen LogP contribution < -0.4 is 16.0 Å². The van der Waals surface area contributed by atoms with Crippen molar-refractivity contribution < 1.29 is 41.1 Å². The highest BCUT2D eigenvalue weighted by Crippen LogP contribution is 2.46. The van der Waals surface area contributed by atoms with Gasteiger partial charge in [-0.2, -0.15) is 0 Å². The van der Waals surface area contributed by atoms with E-state index in [0.29, 0.717) is 25.1 Å². The van der Waals surface area contributed by atoms with E-state index in [-0.39, 0.29) is 22.5 Å². The number of nitrogens with zero attached hydrogens (tertiary/aromatic N) is 1. The quantitative estimate of drug-likeness (QED) is 0.292. The van der Waals surface area contributed by atoms with Gasteiger partial charge in [0.2, 0.25) is 5.91 Å². The third-order valence-corrected chi connectivity index (χ3v) is 6.68. The van der Waals surface area contributed by atoms with E-state index in [2.05, 4.69) is 16.0 Å². The smallest absolute Gasteiger partial charge is 0.294 e. The number of likely N-dealkylation sites (N-methyl/N-ethyl adjacent to an activating group) is 1. The van der Waals surface area contributed by atoms with Gasteiger partial charge in [-0.15, -0.1) is 0 Å². The summed E-state index contributed by atoms with van der Waals surface area (Å²) in [7, 11) is 1.22. The maximum Gasteiger partial charge on any atom is 0.294 e. The van der Waals surface area contributed by atoms with Crippen LogP contribution >= 0.6 is 0 Å². The molecule has 1 aliphatic heterocycles. The molecule has 0 bridgehead atoms. The number of carbonyl (C=O) groups is 4. The monoisotopic (exact) mass is 526 g/mol. The average molecular weight is 526 g/mol. The highest BCUT2D eigenvalue weighted by molar-refractivity contribution is 6.43. The second-order valence-electron chi connectivity index (χ2n) is 9.20. The number of aromatic nitrogens is 1. The molecule has 0 spiro atoms. The molecule has 198 valence electrons. The number of fused-ring (bicyclic) bond motifs is 1. The Balaban J connectivity index is 1.62. The molecule has 3 amide bonds. The van der Waals surface area contributed by atoms with Crippen LogP contribution in [0, 0.1) is 12.7 Å². The Kier molecular flexibility index (Phi) is 6.59. The SMILES string of the molecule is CNC(=O)C1(NC(=O)C(=O)c2c(C)c(C(=O)Nc3ccc(F)c(C(F)F)c3)c3n2CCC3)CC(F)(F)C1. The van der Waals surface area contributed by atoms with E-state index >= 15 is 0 Å². The normalized spacial score (nSPS) is 17.1. The maximum absolute atomic E-state index is 13.6. The van der Waals surface area contributed by atoms with Crippen LogP contribution in [0.5, 0.6) is 0 Å². The fraction of sp³-hybridized carbons (Fsp3) is 0.417. The molecule has 1 aromatic carbocycles. The van der Waals surface area contributed by atoms with E-state index in [1.165, 1.54) is 18.5 Å². The van der Waals surface area contributed by atoms with E-state index in [0.717, 1.165) is 18.2 Å². The van der Waals surface area contributed by atoms with Crippen molar-refractivity contribution in [2.24, 2.45) is 0 Å². The van der Waals surface area contributed by atoms with Gasteiger partial charge in [-0.1, -0.05) is 0 Å². The summed E-state index contributed by atoms with van der Waals surface area (Å²) in [4.78, 5) is 51.3. The van der Waals surface area contributed by atoms with Crippen LogP contribution in [-0.2, 0) is 22.6 Å². The molecule has 37 heavy (non-hydrogen) atoms. The number of nitrogens with one attached hydrogen (secondary N) is 3. The number of halogens is 5. The van der Waals surface area contributed by atoms with Gasteiger partial charge in [0.15, 0.2) is 0 Å². The molecule has 0 unspecified atom stereocenters. The molecule has 0 radical (unpaired) electrons. The standard InChI is InChI=1S/C24H23F5N4O4/c1-11-16(20(35)31-12-5-6-14(25)13(8-12)19(26)27)15-4-3-7-33(15)17(11)18(34)21(36)32-23(22(37)30-2)9-24(28,29)10-23/h5-6,8,19H,3-4,7,9-10H2,1-2H3,(H,30,37)(H,31,35)(H,32,36). The molecule has 1 saturated carbocycles. The zero-order chi connectivity index (χ0) is 27.3. The molecule has 3 N–H and O–H groups in total. The van der Waals surface area contributed by atoms with Gasteiger partial charge < -0.3 is 20.5 Å². The fourth-order valence-electron chi connectivity index (χ4n) is 5.05. The first-order valence-electron chi connectivity index (χ1n) is 11.4. The van der Waals surface area contributed by atoms with Gasteiger partial charge in [0.25, 0.3) is 29.9 Å². The van der Waals surface area contributed by atoms with Crippen LogP contribution in [0.4, 0.5) is 27.6 Å². The third kappa shape index (κ3) is 4.58. The number of Topliss-reactive ketones (excluding diaryl/α,β-unsaturated/α-hetero) is 1. The molecule has 13 heteroatoms. The largest absolute Gasteiger partial charge is 0.357 e. The Morgan fingerprint density at radius 2 is 1.78 bits per heavy atom. The number of alkyl halides is 4. The number of rotatable bonds is 7. The van der Waals surface area contributed by atoms with Gasteiger partial charge in [-0.3, -0.25) is 19.2 Å². The number of benzene rings is 1. The zero-order valence-electron chi connectivity index (χ0n) is 19.8. The molecule has 0 saturated heterocycles. The number of ketones is 1. The Morgan fingerprint density at radius 3 is 2.38 bits per heavy atom. The summed E-state index contributed by atoms with van der Waals surface area (Å²) < 4.78 is 68.3.